The second-order valence-electron chi connectivity index (χ2n) is 11.2. The number of hydrogen-bond donors (Lipinski definition) is 2. The van der Waals surface area contributed by atoms with Gasteiger partial charge in [-0.2, -0.15) is 15.6 Å². The highest BCUT2D eigenvalue weighted by atomic mass is 32.2. The Morgan fingerprint density at radius 1 is 1.08 bits per heavy atom. The predicted molar refractivity (Wildman–Crippen MR) is 188 cm³/mol. The summed E-state index contributed by atoms with van der Waals surface area (Å²) in [5.74, 6) is 0.0873. The normalized spacial score (nSPS) is 16.5. The quantitative estimate of drug-likeness (QED) is 0.144. The largest absolute Gasteiger partial charge is 0.497 e. The summed E-state index contributed by atoms with van der Waals surface area (Å²) in [5, 5.41) is 17.4. The van der Waals surface area contributed by atoms with E-state index in [9.17, 15) is 18.3 Å². The molecule has 0 spiro atoms. The maximum atomic E-state index is 13.4. The first-order valence-electron chi connectivity index (χ1n) is 15.3. The number of aliphatic hydroxyl groups is 1. The number of anilines is 1. The van der Waals surface area contributed by atoms with E-state index in [1.807, 2.05) is 53.2 Å². The van der Waals surface area contributed by atoms with Crippen molar-refractivity contribution < 1.29 is 32.5 Å². The summed E-state index contributed by atoms with van der Waals surface area (Å²) in [4.78, 5) is 18.3. The number of methoxy groups -OCH3 is 1. The van der Waals surface area contributed by atoms with Crippen LogP contribution in [0.3, 0.4) is 0 Å². The molecule has 1 aliphatic heterocycles. The molecule has 0 aliphatic carbocycles. The van der Waals surface area contributed by atoms with Crippen LogP contribution in [-0.2, 0) is 24.3 Å². The van der Waals surface area contributed by atoms with Crippen LogP contribution in [0.15, 0.2) is 100 Å². The Morgan fingerprint density at radius 2 is 1.88 bits per heavy atom. The fourth-order valence-electron chi connectivity index (χ4n) is 5.33. The molecule has 1 aliphatic rings. The van der Waals surface area contributed by atoms with Crippen LogP contribution in [-0.4, -0.2) is 68.4 Å². The van der Waals surface area contributed by atoms with E-state index in [-0.39, 0.29) is 42.9 Å². The Hall–Kier alpha value is -4.11. The number of amides is 1. The molecule has 0 fully saturated rings. The number of thiazole rings is 1. The third-order valence-corrected chi connectivity index (χ3v) is 11.6. The molecular formula is C35H35N3O7S3. The zero-order valence-corrected chi connectivity index (χ0v) is 28.8. The van der Waals surface area contributed by atoms with Crippen molar-refractivity contribution in [2.45, 2.75) is 30.4 Å². The molecule has 2 atom stereocenters. The second kappa shape index (κ2) is 15.0. The number of sulfonamides is 1. The number of carbonyl (C=O) groups is 1. The molecule has 6 rings (SSSR count). The van der Waals surface area contributed by atoms with Crippen molar-refractivity contribution in [1.29, 1.82) is 0 Å². The van der Waals surface area contributed by atoms with Crippen molar-refractivity contribution in [3.05, 3.63) is 107 Å². The number of aliphatic hydroxyl groups excluding tert-OH is 1. The lowest BCUT2D eigenvalue weighted by Crippen LogP contribution is -2.37. The van der Waals surface area contributed by atoms with Gasteiger partial charge in [-0.1, -0.05) is 6.07 Å². The fraction of sp³-hybridized carbons (Fsp3) is 0.257. The zero-order chi connectivity index (χ0) is 33.7. The van der Waals surface area contributed by atoms with E-state index in [1.165, 1.54) is 24.8 Å². The maximum absolute atomic E-state index is 13.4. The van der Waals surface area contributed by atoms with E-state index in [2.05, 4.69) is 18.3 Å². The highest BCUT2D eigenvalue weighted by molar-refractivity contribution is 7.89. The van der Waals surface area contributed by atoms with Gasteiger partial charge in [0.15, 0.2) is 5.76 Å². The molecule has 0 saturated heterocycles. The molecule has 2 aromatic heterocycles. The first-order valence-corrected chi connectivity index (χ1v) is 18.5. The van der Waals surface area contributed by atoms with Crippen LogP contribution in [0, 0.1) is 6.92 Å². The average Bonchev–Trinajstić information content (AvgIpc) is 3.79. The fourth-order valence-corrected chi connectivity index (χ4v) is 8.54. The van der Waals surface area contributed by atoms with Crippen LogP contribution in [0.5, 0.6) is 5.75 Å². The third-order valence-electron chi connectivity index (χ3n) is 7.88. The zero-order valence-electron chi connectivity index (χ0n) is 26.4. The number of hydrogen-bond acceptors (Lipinski definition) is 10. The smallest absolute Gasteiger partial charge is 0.290 e. The molecule has 13 heteroatoms. The summed E-state index contributed by atoms with van der Waals surface area (Å²) >= 11 is 3.18. The molecule has 3 heterocycles. The summed E-state index contributed by atoms with van der Waals surface area (Å²) in [7, 11) is -2.40. The summed E-state index contributed by atoms with van der Waals surface area (Å²) in [6.45, 7) is 1.56. The van der Waals surface area contributed by atoms with Gasteiger partial charge in [0.25, 0.3) is 5.91 Å². The summed E-state index contributed by atoms with van der Waals surface area (Å²) in [6.07, 6.45) is 1.43. The second-order valence-corrected chi connectivity index (χ2v) is 14.9. The number of carbonyl (C=O) groups excluding carboxylic acids is 1. The minimum Gasteiger partial charge on any atom is -0.497 e. The van der Waals surface area contributed by atoms with Gasteiger partial charge in [-0.25, -0.2) is 13.4 Å². The van der Waals surface area contributed by atoms with Crippen molar-refractivity contribution in [3.63, 3.8) is 0 Å². The van der Waals surface area contributed by atoms with Crippen molar-refractivity contribution in [2.24, 2.45) is 0 Å². The highest BCUT2D eigenvalue weighted by Gasteiger charge is 2.30. The van der Waals surface area contributed by atoms with Crippen LogP contribution in [0.2, 0.25) is 0 Å². The topological polar surface area (TPSA) is 127 Å². The van der Waals surface area contributed by atoms with Gasteiger partial charge in [0.2, 0.25) is 16.3 Å². The number of fused-ring (bicyclic) bond motifs is 1. The van der Waals surface area contributed by atoms with Gasteiger partial charge in [0.05, 0.1) is 35.4 Å². The SMILES string of the molecule is COc1ccc(S(=O)(=O)N(CCO)CCO[C@H]2C[C@@H](c3ccsc3)C=C(C(=O)Nc3ccc(-c4nc5ccc(C)cc5s4)cc3)O2)cc1. The predicted octanol–water partition coefficient (Wildman–Crippen LogP) is 6.39. The van der Waals surface area contributed by atoms with E-state index in [4.69, 9.17) is 19.2 Å². The lowest BCUT2D eigenvalue weighted by atomic mass is 9.95. The van der Waals surface area contributed by atoms with Crippen LogP contribution in [0.4, 0.5) is 5.69 Å². The van der Waals surface area contributed by atoms with Crippen molar-refractivity contribution in [2.75, 3.05) is 38.7 Å². The Morgan fingerprint density at radius 3 is 2.58 bits per heavy atom. The first-order chi connectivity index (χ1) is 23.2. The number of allylic oxidation sites excluding steroid dienone is 1. The van der Waals surface area contributed by atoms with Gasteiger partial charge < -0.3 is 24.6 Å². The number of benzene rings is 3. The number of thiophene rings is 1. The van der Waals surface area contributed by atoms with Crippen molar-refractivity contribution in [3.8, 4) is 16.3 Å². The molecule has 5 aromatic rings. The molecule has 3 aromatic carbocycles. The molecule has 10 nitrogen and oxygen atoms in total. The summed E-state index contributed by atoms with van der Waals surface area (Å²) < 4.78 is 46.1. The van der Waals surface area contributed by atoms with Gasteiger partial charge in [-0.05, 0) is 102 Å². The van der Waals surface area contributed by atoms with Crippen LogP contribution in [0.25, 0.3) is 20.8 Å². The maximum Gasteiger partial charge on any atom is 0.290 e. The van der Waals surface area contributed by atoms with Crippen LogP contribution in [0.1, 0.15) is 23.5 Å². The number of rotatable bonds is 13. The standard InChI is InChI=1S/C35H35N3O7S3/c1-23-3-12-30-32(19-23)47-35(37-30)24-4-6-27(7-5-24)36-34(40)31-20-26(25-13-18-46-22-25)21-33(45-31)44-17-15-38(14-16-39)48(41,42)29-10-8-28(43-2)9-11-29/h3-13,18-20,22,26,33,39H,14-17,21H2,1-2H3,(H,36,40)/t26-,33+/m0/s1. The van der Waals surface area contributed by atoms with Crippen molar-refractivity contribution in [1.82, 2.24) is 9.29 Å². The number of aromatic nitrogens is 1. The number of ether oxygens (including phenoxy) is 3. The van der Waals surface area contributed by atoms with Gasteiger partial charge in [0.1, 0.15) is 10.8 Å². The Balaban J connectivity index is 1.12. The van der Waals surface area contributed by atoms with Gasteiger partial charge >= 0.3 is 0 Å². The lowest BCUT2D eigenvalue weighted by Gasteiger charge is -2.30. The molecular weight excluding hydrogens is 671 g/mol. The Kier molecular flexibility index (Phi) is 10.5. The highest BCUT2D eigenvalue weighted by Crippen LogP contribution is 2.34. The minimum absolute atomic E-state index is 0.0158. The first kappa shape index (κ1) is 33.8. The van der Waals surface area contributed by atoms with Gasteiger partial charge in [0, 0.05) is 36.7 Å². The Labute approximate surface area is 287 Å². The average molecular weight is 706 g/mol. The molecule has 0 radical (unpaired) electrons. The molecule has 1 amide bonds. The van der Waals surface area contributed by atoms with Gasteiger partial charge in [-0.15, -0.1) is 11.3 Å². The number of aryl methyl sites for hydroxylation is 1. The molecule has 0 bridgehead atoms. The molecule has 2 N–H and O–H groups in total. The van der Waals surface area contributed by atoms with E-state index >= 15 is 0 Å². The summed E-state index contributed by atoms with van der Waals surface area (Å²) in [5.41, 5.74) is 4.72. The van der Waals surface area contributed by atoms with E-state index < -0.39 is 22.2 Å². The monoisotopic (exact) mass is 705 g/mol. The van der Waals surface area contributed by atoms with Crippen molar-refractivity contribution >= 4 is 54.5 Å². The number of nitrogens with one attached hydrogen (secondary N) is 1. The molecule has 0 saturated carbocycles. The molecule has 48 heavy (non-hydrogen) atoms. The minimum atomic E-state index is -3.91. The van der Waals surface area contributed by atoms with E-state index in [0.29, 0.717) is 17.9 Å². The summed E-state index contributed by atoms with van der Waals surface area (Å²) in [6, 6.07) is 21.8. The third kappa shape index (κ3) is 7.78. The number of nitrogens with zero attached hydrogens (tertiary/aromatic N) is 2. The Bertz CT molecular complexity index is 1990. The van der Waals surface area contributed by atoms with Gasteiger partial charge in [-0.3, -0.25) is 4.79 Å². The van der Waals surface area contributed by atoms with Crippen LogP contribution < -0.4 is 10.1 Å². The lowest BCUT2D eigenvalue weighted by molar-refractivity contribution is -0.143. The molecule has 250 valence electrons. The van der Waals surface area contributed by atoms with Crippen LogP contribution >= 0.6 is 22.7 Å². The van der Waals surface area contributed by atoms with E-state index in [0.717, 1.165) is 30.7 Å². The molecule has 0 unspecified atom stereocenters. The van der Waals surface area contributed by atoms with E-state index in [1.54, 1.807) is 40.9 Å².